The molecule has 9 aromatic rings. The normalized spacial score (nSPS) is 14.0. The van der Waals surface area contributed by atoms with Gasteiger partial charge in [-0.3, -0.25) is 0 Å². The lowest BCUT2D eigenvalue weighted by molar-refractivity contribution is 0.418. The van der Waals surface area contributed by atoms with Crippen molar-refractivity contribution in [3.05, 3.63) is 198 Å². The first-order chi connectivity index (χ1) is 29.3. The molecule has 0 aliphatic carbocycles. The lowest BCUT2D eigenvalue weighted by atomic mass is 9.33. The van der Waals surface area contributed by atoms with Crippen LogP contribution in [0, 0.1) is 13.8 Å². The zero-order chi connectivity index (χ0) is 40.3. The van der Waals surface area contributed by atoms with Crippen LogP contribution in [0.4, 0.5) is 34.1 Å². The second-order valence-corrected chi connectivity index (χ2v) is 17.0. The van der Waals surface area contributed by atoms with Gasteiger partial charge in [0.2, 0.25) is 0 Å². The summed E-state index contributed by atoms with van der Waals surface area (Å²) in [6.45, 7) is 8.89. The molecule has 286 valence electrons. The third kappa shape index (κ3) is 4.99. The van der Waals surface area contributed by atoms with Crippen LogP contribution in [-0.2, 0) is 5.41 Å². The summed E-state index contributed by atoms with van der Waals surface area (Å²) in [4.78, 5) is 4.83. The van der Waals surface area contributed by atoms with E-state index in [0.29, 0.717) is 0 Å². The molecule has 0 saturated heterocycles. The fourth-order valence-electron chi connectivity index (χ4n) is 10.2. The van der Waals surface area contributed by atoms with E-state index in [2.05, 4.69) is 207 Å². The van der Waals surface area contributed by atoms with Gasteiger partial charge in [-0.1, -0.05) is 117 Å². The van der Waals surface area contributed by atoms with Crippen molar-refractivity contribution in [3.8, 4) is 23.0 Å². The topological polar surface area (TPSA) is 24.9 Å². The van der Waals surface area contributed by atoms with Crippen molar-refractivity contribution in [1.29, 1.82) is 0 Å². The van der Waals surface area contributed by atoms with E-state index >= 15 is 0 Å². The Balaban J connectivity index is 1.08. The third-order valence-corrected chi connectivity index (χ3v) is 13.3. The standard InChI is InChI=1S/C55H41BN2O2/c1-34-25-26-37(31-35(34)2)57(38-28-30-49-45(32-38)55(3,4)44-21-12-13-23-48(44)59-49)39-27-29-46-51(33-39)60-50-24-14-22-47-53(50)56(46)52-42-19-10-8-17-40(42)41-18-9-11-20-43(41)54(52)58(47)36-15-6-5-7-16-36/h5-33H,1-4H3. The van der Waals surface area contributed by atoms with E-state index in [-0.39, 0.29) is 12.1 Å². The van der Waals surface area contributed by atoms with Crippen molar-refractivity contribution >= 4 is 78.8 Å². The van der Waals surface area contributed by atoms with Gasteiger partial charge >= 0.3 is 0 Å². The van der Waals surface area contributed by atoms with Crippen LogP contribution in [0.3, 0.4) is 0 Å². The molecule has 12 rings (SSSR count). The van der Waals surface area contributed by atoms with E-state index in [4.69, 9.17) is 9.47 Å². The van der Waals surface area contributed by atoms with Gasteiger partial charge in [-0.15, -0.1) is 0 Å². The van der Waals surface area contributed by atoms with Gasteiger partial charge in [-0.05, 0) is 124 Å². The molecule has 0 atom stereocenters. The number of hydrogen-bond donors (Lipinski definition) is 0. The lowest BCUT2D eigenvalue weighted by Crippen LogP contribution is -2.59. The quantitative estimate of drug-likeness (QED) is 0.131. The van der Waals surface area contributed by atoms with Crippen molar-refractivity contribution < 1.29 is 9.47 Å². The number of anilines is 6. The molecular weight excluding hydrogens is 731 g/mol. The van der Waals surface area contributed by atoms with Crippen LogP contribution < -0.4 is 35.7 Å². The first-order valence-electron chi connectivity index (χ1n) is 20.9. The Hall–Kier alpha value is -7.24. The first-order valence-corrected chi connectivity index (χ1v) is 20.9. The molecule has 0 spiro atoms. The van der Waals surface area contributed by atoms with Crippen molar-refractivity contribution in [2.24, 2.45) is 0 Å². The van der Waals surface area contributed by atoms with Crippen LogP contribution in [0.25, 0.3) is 21.5 Å². The van der Waals surface area contributed by atoms with E-state index in [1.807, 2.05) is 6.07 Å². The number of nitrogens with zero attached hydrogens (tertiary/aromatic N) is 2. The second kappa shape index (κ2) is 12.9. The first kappa shape index (κ1) is 34.8. The van der Waals surface area contributed by atoms with Gasteiger partial charge in [-0.2, -0.15) is 0 Å². The number of fused-ring (bicyclic) bond motifs is 11. The van der Waals surface area contributed by atoms with Crippen LogP contribution in [0.5, 0.6) is 23.0 Å². The molecule has 9 aromatic carbocycles. The molecule has 0 saturated carbocycles. The molecule has 0 unspecified atom stereocenters. The summed E-state index contributed by atoms with van der Waals surface area (Å²) in [6.07, 6.45) is 0. The van der Waals surface area contributed by atoms with Gasteiger partial charge in [0.15, 0.2) is 0 Å². The monoisotopic (exact) mass is 772 g/mol. The van der Waals surface area contributed by atoms with Crippen LogP contribution >= 0.6 is 0 Å². The van der Waals surface area contributed by atoms with E-state index in [9.17, 15) is 0 Å². The van der Waals surface area contributed by atoms with E-state index in [1.165, 1.54) is 54.8 Å². The zero-order valence-corrected chi connectivity index (χ0v) is 34.0. The average Bonchev–Trinajstić information content (AvgIpc) is 3.28. The van der Waals surface area contributed by atoms with Gasteiger partial charge in [-0.25, -0.2) is 0 Å². The highest BCUT2D eigenvalue weighted by Gasteiger charge is 2.44. The Kier molecular flexibility index (Phi) is 7.47. The van der Waals surface area contributed by atoms with Crippen LogP contribution in [0.2, 0.25) is 0 Å². The van der Waals surface area contributed by atoms with Crippen molar-refractivity contribution in [3.63, 3.8) is 0 Å². The Morgan fingerprint density at radius 1 is 0.467 bits per heavy atom. The molecule has 3 aliphatic rings. The average molecular weight is 773 g/mol. The van der Waals surface area contributed by atoms with Gasteiger partial charge in [0.05, 0.1) is 0 Å². The molecular formula is C55H41BN2O2. The molecule has 0 radical (unpaired) electrons. The second-order valence-electron chi connectivity index (χ2n) is 17.0. The molecule has 3 heterocycles. The number of para-hydroxylation sites is 2. The summed E-state index contributed by atoms with van der Waals surface area (Å²) in [7, 11) is 0. The van der Waals surface area contributed by atoms with E-state index in [1.54, 1.807) is 0 Å². The highest BCUT2D eigenvalue weighted by molar-refractivity contribution is 7.01. The summed E-state index contributed by atoms with van der Waals surface area (Å²) < 4.78 is 13.6. The van der Waals surface area contributed by atoms with Gasteiger partial charge < -0.3 is 19.3 Å². The molecule has 0 bridgehead atoms. The number of aryl methyl sites for hydroxylation is 2. The highest BCUT2D eigenvalue weighted by Crippen LogP contribution is 2.51. The van der Waals surface area contributed by atoms with Gasteiger partial charge in [0.1, 0.15) is 23.0 Å². The van der Waals surface area contributed by atoms with Gasteiger partial charge in [0, 0.05) is 62.1 Å². The predicted octanol–water partition coefficient (Wildman–Crippen LogP) is 12.9. The highest BCUT2D eigenvalue weighted by atomic mass is 16.5. The maximum absolute atomic E-state index is 7.12. The minimum absolute atomic E-state index is 0.0599. The van der Waals surface area contributed by atoms with Crippen LogP contribution in [0.15, 0.2) is 176 Å². The SMILES string of the molecule is Cc1ccc(N(c2ccc3c(c2)Oc2cccc4c2B3c2c(c3ccccc3c3ccccc23)N4c2ccccc2)c2ccc3c(c2)C(C)(C)c2ccccc2O3)cc1C. The number of ether oxygens (including phenoxy) is 2. The summed E-state index contributed by atoms with van der Waals surface area (Å²) in [6, 6.07) is 63.8. The molecule has 0 aromatic heterocycles. The molecule has 0 N–H and O–H groups in total. The van der Waals surface area contributed by atoms with Gasteiger partial charge in [0.25, 0.3) is 6.71 Å². The Labute approximate surface area is 351 Å². The number of hydrogen-bond acceptors (Lipinski definition) is 4. The number of rotatable bonds is 4. The number of benzene rings is 9. The Morgan fingerprint density at radius 2 is 1.08 bits per heavy atom. The fraction of sp³-hybridized carbons (Fsp3) is 0.0909. The zero-order valence-electron chi connectivity index (χ0n) is 34.0. The molecule has 3 aliphatic heterocycles. The minimum atomic E-state index is -0.260. The van der Waals surface area contributed by atoms with Crippen LogP contribution in [-0.4, -0.2) is 6.71 Å². The molecule has 4 nitrogen and oxygen atoms in total. The lowest BCUT2D eigenvalue weighted by Gasteiger charge is -2.41. The van der Waals surface area contributed by atoms with Crippen LogP contribution in [0.1, 0.15) is 36.1 Å². The minimum Gasteiger partial charge on any atom is -0.458 e. The van der Waals surface area contributed by atoms with Crippen molar-refractivity contribution in [1.82, 2.24) is 0 Å². The van der Waals surface area contributed by atoms with Crippen molar-refractivity contribution in [2.75, 3.05) is 9.80 Å². The molecule has 0 amide bonds. The van der Waals surface area contributed by atoms with Crippen molar-refractivity contribution in [2.45, 2.75) is 33.1 Å². The maximum atomic E-state index is 7.12. The molecule has 60 heavy (non-hydrogen) atoms. The Morgan fingerprint density at radius 3 is 1.90 bits per heavy atom. The summed E-state index contributed by atoms with van der Waals surface area (Å²) in [5, 5.41) is 5.00. The maximum Gasteiger partial charge on any atom is 0.257 e. The summed E-state index contributed by atoms with van der Waals surface area (Å²) in [5.41, 5.74) is 14.9. The Bertz CT molecular complexity index is 3250. The van der Waals surface area contributed by atoms with E-state index in [0.717, 1.165) is 62.5 Å². The smallest absolute Gasteiger partial charge is 0.257 e. The summed E-state index contributed by atoms with van der Waals surface area (Å²) in [5.74, 6) is 3.56. The summed E-state index contributed by atoms with van der Waals surface area (Å²) >= 11 is 0. The third-order valence-electron chi connectivity index (χ3n) is 13.3. The fourth-order valence-corrected chi connectivity index (χ4v) is 10.2. The molecule has 0 fully saturated rings. The predicted molar refractivity (Wildman–Crippen MR) is 250 cm³/mol. The molecule has 5 heteroatoms. The largest absolute Gasteiger partial charge is 0.458 e. The van der Waals surface area contributed by atoms with E-state index < -0.39 is 0 Å².